The fraction of sp³-hybridized carbons (Fsp3) is 0.533. The number of carbonyl (C=O) groups excluding carboxylic acids is 1. The fourth-order valence-electron chi connectivity index (χ4n) is 2.44. The lowest BCUT2D eigenvalue weighted by Crippen LogP contribution is -2.42. The van der Waals surface area contributed by atoms with Crippen LogP contribution in [-0.4, -0.2) is 18.1 Å². The standard InChI is InChI=1S/C15H19NO2/c1-15(10-18-15)14(17)16-13(12-8-5-9-12)11-6-3-2-4-7-11/h2-4,6-7,12-13H,5,8-10H2,1H3,(H,16,17). The average molecular weight is 245 g/mol. The summed E-state index contributed by atoms with van der Waals surface area (Å²) < 4.78 is 5.21. The molecule has 1 aromatic rings. The number of rotatable bonds is 4. The van der Waals surface area contributed by atoms with Crippen LogP contribution in [0.15, 0.2) is 30.3 Å². The van der Waals surface area contributed by atoms with Gasteiger partial charge in [-0.15, -0.1) is 0 Å². The molecule has 1 saturated carbocycles. The molecule has 1 aromatic carbocycles. The van der Waals surface area contributed by atoms with Gasteiger partial charge < -0.3 is 10.1 Å². The van der Waals surface area contributed by atoms with Crippen LogP contribution < -0.4 is 5.32 Å². The number of hydrogen-bond acceptors (Lipinski definition) is 2. The zero-order chi connectivity index (χ0) is 12.6. The number of hydrogen-bond donors (Lipinski definition) is 1. The Kier molecular flexibility index (Phi) is 2.86. The van der Waals surface area contributed by atoms with E-state index in [-0.39, 0.29) is 11.9 Å². The van der Waals surface area contributed by atoms with E-state index >= 15 is 0 Å². The predicted molar refractivity (Wildman–Crippen MR) is 69.0 cm³/mol. The third kappa shape index (κ3) is 2.15. The summed E-state index contributed by atoms with van der Waals surface area (Å²) >= 11 is 0. The van der Waals surface area contributed by atoms with E-state index in [9.17, 15) is 4.79 Å². The van der Waals surface area contributed by atoms with Crippen molar-refractivity contribution >= 4 is 5.91 Å². The second-order valence-electron chi connectivity index (χ2n) is 5.57. The van der Waals surface area contributed by atoms with Crippen molar-refractivity contribution in [1.29, 1.82) is 0 Å². The molecule has 3 heteroatoms. The van der Waals surface area contributed by atoms with Crippen LogP contribution in [0.1, 0.15) is 37.8 Å². The van der Waals surface area contributed by atoms with Crippen LogP contribution in [0.3, 0.4) is 0 Å². The lowest BCUT2D eigenvalue weighted by atomic mass is 9.77. The molecule has 1 saturated heterocycles. The molecule has 0 spiro atoms. The quantitative estimate of drug-likeness (QED) is 0.828. The molecule has 0 bridgehead atoms. The smallest absolute Gasteiger partial charge is 0.254 e. The maximum atomic E-state index is 12.1. The Balaban J connectivity index is 1.76. The highest BCUT2D eigenvalue weighted by Gasteiger charge is 2.48. The van der Waals surface area contributed by atoms with Crippen molar-refractivity contribution in [2.45, 2.75) is 37.8 Å². The van der Waals surface area contributed by atoms with E-state index in [1.807, 2.05) is 25.1 Å². The molecule has 3 nitrogen and oxygen atoms in total. The Morgan fingerprint density at radius 1 is 1.39 bits per heavy atom. The van der Waals surface area contributed by atoms with Gasteiger partial charge in [0.05, 0.1) is 12.6 Å². The van der Waals surface area contributed by atoms with Crippen molar-refractivity contribution in [3.05, 3.63) is 35.9 Å². The summed E-state index contributed by atoms with van der Waals surface area (Å²) in [5, 5.41) is 3.17. The Bertz CT molecular complexity index is 435. The minimum absolute atomic E-state index is 0.0308. The van der Waals surface area contributed by atoms with E-state index in [4.69, 9.17) is 4.74 Å². The van der Waals surface area contributed by atoms with Crippen LogP contribution in [-0.2, 0) is 9.53 Å². The number of nitrogens with one attached hydrogen (secondary N) is 1. The van der Waals surface area contributed by atoms with Crippen LogP contribution in [0, 0.1) is 5.92 Å². The normalized spacial score (nSPS) is 28.3. The van der Waals surface area contributed by atoms with Gasteiger partial charge in [-0.2, -0.15) is 0 Å². The molecule has 2 fully saturated rings. The molecule has 1 aliphatic carbocycles. The first kappa shape index (κ1) is 11.7. The maximum absolute atomic E-state index is 12.1. The second kappa shape index (κ2) is 4.39. The van der Waals surface area contributed by atoms with E-state index in [2.05, 4.69) is 17.4 Å². The van der Waals surface area contributed by atoms with Gasteiger partial charge in [-0.3, -0.25) is 4.79 Å². The van der Waals surface area contributed by atoms with Gasteiger partial charge in [0, 0.05) is 0 Å². The first-order valence-electron chi connectivity index (χ1n) is 6.69. The molecule has 1 heterocycles. The highest BCUT2D eigenvalue weighted by molar-refractivity contribution is 5.87. The van der Waals surface area contributed by atoms with Gasteiger partial charge in [0.1, 0.15) is 0 Å². The molecule has 1 N–H and O–H groups in total. The maximum Gasteiger partial charge on any atom is 0.254 e. The van der Waals surface area contributed by atoms with Gasteiger partial charge >= 0.3 is 0 Å². The van der Waals surface area contributed by atoms with Gasteiger partial charge in [0.25, 0.3) is 5.91 Å². The van der Waals surface area contributed by atoms with Crippen molar-refractivity contribution in [3.8, 4) is 0 Å². The predicted octanol–water partition coefficient (Wildman–Crippen LogP) is 2.43. The van der Waals surface area contributed by atoms with Gasteiger partial charge in [-0.25, -0.2) is 0 Å². The number of ether oxygens (including phenoxy) is 1. The summed E-state index contributed by atoms with van der Waals surface area (Å²) in [6.07, 6.45) is 3.69. The van der Waals surface area contributed by atoms with Gasteiger partial charge in [0.15, 0.2) is 5.60 Å². The minimum atomic E-state index is -0.573. The lowest BCUT2D eigenvalue weighted by molar-refractivity contribution is -0.127. The van der Waals surface area contributed by atoms with Crippen molar-refractivity contribution in [3.63, 3.8) is 0 Å². The number of benzene rings is 1. The summed E-state index contributed by atoms with van der Waals surface area (Å²) in [6, 6.07) is 10.4. The second-order valence-corrected chi connectivity index (χ2v) is 5.57. The van der Waals surface area contributed by atoms with E-state index in [1.54, 1.807) is 0 Å². The van der Waals surface area contributed by atoms with Crippen LogP contribution in [0.25, 0.3) is 0 Å². The summed E-state index contributed by atoms with van der Waals surface area (Å²) in [7, 11) is 0. The summed E-state index contributed by atoms with van der Waals surface area (Å²) in [5.74, 6) is 0.613. The summed E-state index contributed by atoms with van der Waals surface area (Å²) in [6.45, 7) is 2.40. The Morgan fingerprint density at radius 3 is 2.56 bits per heavy atom. The number of epoxide rings is 1. The SMILES string of the molecule is CC1(C(=O)NC(c2ccccc2)C2CCC2)CO1. The third-order valence-electron chi connectivity index (χ3n) is 4.12. The molecule has 3 rings (SSSR count). The summed E-state index contributed by atoms with van der Waals surface area (Å²) in [5.41, 5.74) is 0.636. The Labute approximate surface area is 108 Å². The molecule has 2 atom stereocenters. The zero-order valence-corrected chi connectivity index (χ0v) is 10.7. The monoisotopic (exact) mass is 245 g/mol. The van der Waals surface area contributed by atoms with Gasteiger partial charge in [-0.05, 0) is 31.2 Å². The van der Waals surface area contributed by atoms with Crippen LogP contribution >= 0.6 is 0 Å². The summed E-state index contributed by atoms with van der Waals surface area (Å²) in [4.78, 5) is 12.1. The third-order valence-corrected chi connectivity index (χ3v) is 4.12. The largest absolute Gasteiger partial charge is 0.359 e. The molecule has 18 heavy (non-hydrogen) atoms. The molecular formula is C15H19NO2. The highest BCUT2D eigenvalue weighted by atomic mass is 16.6. The van der Waals surface area contributed by atoms with E-state index < -0.39 is 5.60 Å². The van der Waals surface area contributed by atoms with Crippen molar-refractivity contribution in [2.24, 2.45) is 5.92 Å². The Hall–Kier alpha value is -1.35. The van der Waals surface area contributed by atoms with Crippen molar-refractivity contribution in [2.75, 3.05) is 6.61 Å². The number of amides is 1. The first-order valence-corrected chi connectivity index (χ1v) is 6.69. The molecule has 2 unspecified atom stereocenters. The van der Waals surface area contributed by atoms with Crippen LogP contribution in [0.4, 0.5) is 0 Å². The van der Waals surface area contributed by atoms with E-state index in [1.165, 1.54) is 24.8 Å². The molecule has 1 aliphatic heterocycles. The number of carbonyl (C=O) groups is 1. The minimum Gasteiger partial charge on any atom is -0.359 e. The van der Waals surface area contributed by atoms with Crippen molar-refractivity contribution < 1.29 is 9.53 Å². The van der Waals surface area contributed by atoms with Crippen molar-refractivity contribution in [1.82, 2.24) is 5.32 Å². The van der Waals surface area contributed by atoms with E-state index in [0.29, 0.717) is 12.5 Å². The first-order chi connectivity index (χ1) is 8.69. The molecule has 0 aromatic heterocycles. The fourth-order valence-corrected chi connectivity index (χ4v) is 2.44. The topological polar surface area (TPSA) is 41.6 Å². The van der Waals surface area contributed by atoms with Crippen LogP contribution in [0.2, 0.25) is 0 Å². The molecular weight excluding hydrogens is 226 g/mol. The lowest BCUT2D eigenvalue weighted by Gasteiger charge is -2.35. The van der Waals surface area contributed by atoms with Gasteiger partial charge in [0.2, 0.25) is 0 Å². The molecule has 1 amide bonds. The molecule has 0 radical (unpaired) electrons. The van der Waals surface area contributed by atoms with Crippen LogP contribution in [0.5, 0.6) is 0 Å². The zero-order valence-electron chi connectivity index (χ0n) is 10.7. The van der Waals surface area contributed by atoms with Gasteiger partial charge in [-0.1, -0.05) is 36.8 Å². The molecule has 96 valence electrons. The molecule has 2 aliphatic rings. The average Bonchev–Trinajstić information content (AvgIpc) is 3.07. The van der Waals surface area contributed by atoms with E-state index in [0.717, 1.165) is 0 Å². The highest BCUT2D eigenvalue weighted by Crippen LogP contribution is 2.38. The Morgan fingerprint density at radius 2 is 2.06 bits per heavy atom.